The summed E-state index contributed by atoms with van der Waals surface area (Å²) in [7, 11) is 0. The molecule has 0 unspecified atom stereocenters. The highest BCUT2D eigenvalue weighted by Gasteiger charge is 2.28. The molecule has 2 aromatic rings. The van der Waals surface area contributed by atoms with Gasteiger partial charge in [0.15, 0.2) is 0 Å². The highest BCUT2D eigenvalue weighted by molar-refractivity contribution is 8.15. The number of hydrogen-bond acceptors (Lipinski definition) is 2. The fourth-order valence-electron chi connectivity index (χ4n) is 2.27. The van der Waals surface area contributed by atoms with Crippen LogP contribution < -0.4 is 0 Å². The van der Waals surface area contributed by atoms with Gasteiger partial charge in [-0.1, -0.05) is 66.4 Å². The molecule has 1 nitrogen and oxygen atoms in total. The maximum Gasteiger partial charge on any atom is 0.0989 e. The molecular formula is C17H17NS. The van der Waals surface area contributed by atoms with E-state index in [1.807, 2.05) is 11.8 Å². The Morgan fingerprint density at radius 1 is 0.895 bits per heavy atom. The smallest absolute Gasteiger partial charge is 0.0989 e. The Labute approximate surface area is 118 Å². The van der Waals surface area contributed by atoms with E-state index in [1.165, 1.54) is 21.7 Å². The van der Waals surface area contributed by atoms with E-state index in [1.54, 1.807) is 0 Å². The normalized spacial score (nSPS) is 17.3. The summed E-state index contributed by atoms with van der Waals surface area (Å²) >= 11 is 1.88. The first-order valence-electron chi connectivity index (χ1n) is 6.54. The summed E-state index contributed by atoms with van der Waals surface area (Å²) < 4.78 is 0.221. The molecule has 0 fully saturated rings. The van der Waals surface area contributed by atoms with Crippen LogP contribution >= 0.6 is 11.8 Å². The first kappa shape index (κ1) is 12.5. The quantitative estimate of drug-likeness (QED) is 0.773. The fraction of sp³-hybridized carbons (Fsp3) is 0.235. The van der Waals surface area contributed by atoms with E-state index in [2.05, 4.69) is 68.4 Å². The van der Waals surface area contributed by atoms with Crippen molar-refractivity contribution in [3.63, 3.8) is 0 Å². The maximum atomic E-state index is 4.72. The Morgan fingerprint density at radius 2 is 1.53 bits per heavy atom. The lowest BCUT2D eigenvalue weighted by molar-refractivity contribution is 0.741. The van der Waals surface area contributed by atoms with E-state index >= 15 is 0 Å². The van der Waals surface area contributed by atoms with Gasteiger partial charge in [-0.15, -0.1) is 0 Å². The molecule has 1 heterocycles. The van der Waals surface area contributed by atoms with Crippen LogP contribution in [0.1, 0.15) is 19.4 Å². The second kappa shape index (κ2) is 4.86. The van der Waals surface area contributed by atoms with Crippen LogP contribution in [-0.2, 0) is 0 Å². The molecule has 0 saturated carbocycles. The van der Waals surface area contributed by atoms with Crippen LogP contribution in [0.3, 0.4) is 0 Å². The maximum absolute atomic E-state index is 4.72. The van der Waals surface area contributed by atoms with Gasteiger partial charge in [-0.2, -0.15) is 0 Å². The van der Waals surface area contributed by atoms with Crippen molar-refractivity contribution >= 4 is 16.8 Å². The molecule has 2 aromatic carbocycles. The number of nitrogens with zero attached hydrogens (tertiary/aromatic N) is 1. The molecule has 0 atom stereocenters. The number of hydrogen-bond donors (Lipinski definition) is 0. The summed E-state index contributed by atoms with van der Waals surface area (Å²) in [5.74, 6) is 0. The van der Waals surface area contributed by atoms with E-state index < -0.39 is 0 Å². The monoisotopic (exact) mass is 267 g/mol. The Bertz CT molecular complexity index is 614. The summed E-state index contributed by atoms with van der Waals surface area (Å²) in [4.78, 5) is 4.72. The van der Waals surface area contributed by atoms with Crippen molar-refractivity contribution in [3.05, 3.63) is 60.2 Å². The van der Waals surface area contributed by atoms with E-state index in [9.17, 15) is 0 Å². The predicted octanol–water partition coefficient (Wildman–Crippen LogP) is 4.63. The molecule has 1 aliphatic rings. The minimum Gasteiger partial charge on any atom is -0.276 e. The van der Waals surface area contributed by atoms with Crippen LogP contribution in [0.25, 0.3) is 11.1 Å². The van der Waals surface area contributed by atoms with Gasteiger partial charge in [0.1, 0.15) is 0 Å². The third kappa shape index (κ3) is 2.59. The van der Waals surface area contributed by atoms with Crippen molar-refractivity contribution in [2.75, 3.05) is 6.54 Å². The molecule has 0 saturated heterocycles. The number of benzene rings is 2. The van der Waals surface area contributed by atoms with Crippen LogP contribution in [0, 0.1) is 0 Å². The van der Waals surface area contributed by atoms with Crippen molar-refractivity contribution in [1.29, 1.82) is 0 Å². The second-order valence-corrected chi connectivity index (χ2v) is 7.09. The average Bonchev–Trinajstić information content (AvgIpc) is 2.80. The molecule has 0 spiro atoms. The van der Waals surface area contributed by atoms with E-state index in [4.69, 9.17) is 4.99 Å². The summed E-state index contributed by atoms with van der Waals surface area (Å²) in [5.41, 5.74) is 3.78. The van der Waals surface area contributed by atoms with E-state index in [0.29, 0.717) is 0 Å². The van der Waals surface area contributed by atoms with Gasteiger partial charge < -0.3 is 0 Å². The van der Waals surface area contributed by atoms with Gasteiger partial charge in [0.2, 0.25) is 0 Å². The SMILES string of the molecule is CC1(C)CN=C(c2ccccc2-c2ccccc2)S1. The van der Waals surface area contributed by atoms with Crippen molar-refractivity contribution in [2.45, 2.75) is 18.6 Å². The molecule has 0 bridgehead atoms. The first-order valence-corrected chi connectivity index (χ1v) is 7.36. The highest BCUT2D eigenvalue weighted by atomic mass is 32.2. The molecule has 1 aliphatic heterocycles. The van der Waals surface area contributed by atoms with Gasteiger partial charge in [-0.25, -0.2) is 0 Å². The predicted molar refractivity (Wildman–Crippen MR) is 85.0 cm³/mol. The highest BCUT2D eigenvalue weighted by Crippen LogP contribution is 2.37. The number of aliphatic imine (C=N–C) groups is 1. The lowest BCUT2D eigenvalue weighted by Crippen LogP contribution is -2.14. The van der Waals surface area contributed by atoms with Gasteiger partial charge in [0, 0.05) is 10.3 Å². The first-order chi connectivity index (χ1) is 9.16. The zero-order chi connectivity index (χ0) is 13.3. The molecule has 0 aliphatic carbocycles. The molecule has 96 valence electrons. The minimum absolute atomic E-state index is 0.221. The fourth-order valence-corrected chi connectivity index (χ4v) is 3.34. The lowest BCUT2D eigenvalue weighted by atomic mass is 10.0. The van der Waals surface area contributed by atoms with Gasteiger partial charge in [0.05, 0.1) is 11.6 Å². The van der Waals surface area contributed by atoms with Gasteiger partial charge >= 0.3 is 0 Å². The molecule has 2 heteroatoms. The Morgan fingerprint density at radius 3 is 2.16 bits per heavy atom. The Kier molecular flexibility index (Phi) is 3.19. The van der Waals surface area contributed by atoms with Crippen molar-refractivity contribution in [1.82, 2.24) is 0 Å². The van der Waals surface area contributed by atoms with Gasteiger partial charge in [-0.05, 0) is 25.0 Å². The molecular weight excluding hydrogens is 250 g/mol. The largest absolute Gasteiger partial charge is 0.276 e. The minimum atomic E-state index is 0.221. The molecule has 0 N–H and O–H groups in total. The zero-order valence-electron chi connectivity index (χ0n) is 11.3. The van der Waals surface area contributed by atoms with Crippen LogP contribution in [0.15, 0.2) is 59.6 Å². The topological polar surface area (TPSA) is 12.4 Å². The van der Waals surface area contributed by atoms with Crippen LogP contribution in [-0.4, -0.2) is 16.3 Å². The van der Waals surface area contributed by atoms with Crippen LogP contribution in [0.2, 0.25) is 0 Å². The third-order valence-corrected chi connectivity index (χ3v) is 4.44. The van der Waals surface area contributed by atoms with Crippen molar-refractivity contribution in [2.24, 2.45) is 4.99 Å². The Balaban J connectivity index is 2.05. The van der Waals surface area contributed by atoms with Crippen molar-refractivity contribution < 1.29 is 0 Å². The van der Waals surface area contributed by atoms with E-state index in [-0.39, 0.29) is 4.75 Å². The molecule has 3 rings (SSSR count). The summed E-state index contributed by atoms with van der Waals surface area (Å²) in [6.45, 7) is 5.40. The summed E-state index contributed by atoms with van der Waals surface area (Å²) in [6, 6.07) is 19.1. The molecule has 0 radical (unpaired) electrons. The van der Waals surface area contributed by atoms with Crippen LogP contribution in [0.5, 0.6) is 0 Å². The van der Waals surface area contributed by atoms with E-state index in [0.717, 1.165) is 6.54 Å². The summed E-state index contributed by atoms with van der Waals surface area (Å²) in [6.07, 6.45) is 0. The second-order valence-electron chi connectivity index (χ2n) is 5.39. The third-order valence-electron chi connectivity index (χ3n) is 3.22. The molecule has 0 aromatic heterocycles. The van der Waals surface area contributed by atoms with Crippen molar-refractivity contribution in [3.8, 4) is 11.1 Å². The number of rotatable bonds is 2. The van der Waals surface area contributed by atoms with Gasteiger partial charge in [0.25, 0.3) is 0 Å². The average molecular weight is 267 g/mol. The van der Waals surface area contributed by atoms with Gasteiger partial charge in [-0.3, -0.25) is 4.99 Å². The Hall–Kier alpha value is -1.54. The standard InChI is InChI=1S/C17H17NS/c1-17(2)12-18-16(19-17)15-11-7-6-10-14(15)13-8-4-3-5-9-13/h3-11H,12H2,1-2H3. The molecule has 19 heavy (non-hydrogen) atoms. The molecule has 0 amide bonds. The number of thioether (sulfide) groups is 1. The summed E-state index contributed by atoms with van der Waals surface area (Å²) in [5, 5.41) is 1.17. The lowest BCUT2D eigenvalue weighted by Gasteiger charge is -2.15. The zero-order valence-corrected chi connectivity index (χ0v) is 12.1. The van der Waals surface area contributed by atoms with Crippen LogP contribution in [0.4, 0.5) is 0 Å².